The smallest absolute Gasteiger partial charge is 0.307 e. The molecule has 2 N–H and O–H groups in total. The number of aryl methyl sites for hydroxylation is 2. The van der Waals surface area contributed by atoms with E-state index < -0.39 is 11.9 Å². The van der Waals surface area contributed by atoms with Crippen molar-refractivity contribution < 1.29 is 14.7 Å². The number of benzene rings is 2. The monoisotopic (exact) mass is 437 g/mol. The first-order valence-electron chi connectivity index (χ1n) is 7.69. The number of carbonyl (C=O) groups is 2. The van der Waals surface area contributed by atoms with Gasteiger partial charge in [-0.3, -0.25) is 9.59 Å². The van der Waals surface area contributed by atoms with Crippen LogP contribution in [0.15, 0.2) is 42.5 Å². The Morgan fingerprint density at radius 2 is 1.75 bits per heavy atom. The van der Waals surface area contributed by atoms with Crippen molar-refractivity contribution in [1.29, 1.82) is 0 Å². The molecule has 0 spiro atoms. The molecule has 0 saturated carbocycles. The topological polar surface area (TPSA) is 66.4 Å². The van der Waals surface area contributed by atoms with Crippen LogP contribution >= 0.6 is 22.6 Å². The quantitative estimate of drug-likeness (QED) is 0.667. The maximum Gasteiger partial charge on any atom is 0.307 e. The average Bonchev–Trinajstić information content (AvgIpc) is 2.48. The zero-order chi connectivity index (χ0) is 17.7. The van der Waals surface area contributed by atoms with Crippen molar-refractivity contribution in [2.75, 3.05) is 5.32 Å². The highest BCUT2D eigenvalue weighted by atomic mass is 127. The second kappa shape index (κ2) is 8.28. The van der Waals surface area contributed by atoms with Gasteiger partial charge in [-0.05, 0) is 60.6 Å². The van der Waals surface area contributed by atoms with E-state index >= 15 is 0 Å². The number of nitrogens with one attached hydrogen (secondary N) is 1. The Labute approximate surface area is 155 Å². The third kappa shape index (κ3) is 5.33. The lowest BCUT2D eigenvalue weighted by atomic mass is 9.94. The third-order valence-corrected chi connectivity index (χ3v) is 4.63. The van der Waals surface area contributed by atoms with Gasteiger partial charge in [0.05, 0.1) is 11.6 Å². The summed E-state index contributed by atoms with van der Waals surface area (Å²) in [6.07, 6.45) is 0.296. The summed E-state index contributed by atoms with van der Waals surface area (Å²) in [5.41, 5.74) is 3.84. The van der Waals surface area contributed by atoms with Crippen LogP contribution in [0.5, 0.6) is 0 Å². The van der Waals surface area contributed by atoms with Gasteiger partial charge < -0.3 is 10.4 Å². The van der Waals surface area contributed by atoms with E-state index in [0.29, 0.717) is 12.1 Å². The number of para-hydroxylation sites is 1. The van der Waals surface area contributed by atoms with Crippen molar-refractivity contribution in [2.24, 2.45) is 5.92 Å². The van der Waals surface area contributed by atoms with E-state index in [1.807, 2.05) is 50.2 Å². The lowest BCUT2D eigenvalue weighted by molar-refractivity contribution is -0.143. The zero-order valence-corrected chi connectivity index (χ0v) is 15.8. The van der Waals surface area contributed by atoms with Crippen LogP contribution in [0, 0.1) is 23.3 Å². The summed E-state index contributed by atoms with van der Waals surface area (Å²) >= 11 is 2.14. The Balaban J connectivity index is 2.07. The number of carboxylic acid groups (broad SMARTS) is 1. The number of rotatable bonds is 6. The molecule has 1 atom stereocenters. The first kappa shape index (κ1) is 18.4. The molecule has 0 fully saturated rings. The molecule has 5 heteroatoms. The van der Waals surface area contributed by atoms with E-state index in [4.69, 9.17) is 0 Å². The predicted molar refractivity (Wildman–Crippen MR) is 103 cm³/mol. The zero-order valence-electron chi connectivity index (χ0n) is 13.7. The van der Waals surface area contributed by atoms with E-state index in [0.717, 1.165) is 20.3 Å². The van der Waals surface area contributed by atoms with Gasteiger partial charge in [0.15, 0.2) is 0 Å². The Morgan fingerprint density at radius 3 is 2.33 bits per heavy atom. The summed E-state index contributed by atoms with van der Waals surface area (Å²) in [5.74, 6) is -1.98. The van der Waals surface area contributed by atoms with E-state index in [-0.39, 0.29) is 12.3 Å². The number of hydrogen-bond donors (Lipinski definition) is 2. The maximum atomic E-state index is 12.2. The maximum absolute atomic E-state index is 12.2. The number of carbonyl (C=O) groups excluding carboxylic acids is 1. The molecular formula is C19H20INO3. The number of carboxylic acids is 1. The number of anilines is 1. The van der Waals surface area contributed by atoms with Crippen LogP contribution in [0.3, 0.4) is 0 Å². The number of aliphatic carboxylic acids is 1. The fraction of sp³-hybridized carbons (Fsp3) is 0.263. The molecule has 0 aromatic heterocycles. The van der Waals surface area contributed by atoms with Crippen LogP contribution < -0.4 is 5.32 Å². The van der Waals surface area contributed by atoms with Crippen molar-refractivity contribution in [3.63, 3.8) is 0 Å². The number of hydrogen-bond acceptors (Lipinski definition) is 2. The van der Waals surface area contributed by atoms with Gasteiger partial charge >= 0.3 is 5.97 Å². The Kier molecular flexibility index (Phi) is 6.36. The van der Waals surface area contributed by atoms with Crippen LogP contribution in [-0.4, -0.2) is 17.0 Å². The van der Waals surface area contributed by atoms with E-state index in [1.165, 1.54) is 0 Å². The fourth-order valence-electron chi connectivity index (χ4n) is 2.71. The first-order chi connectivity index (χ1) is 11.3. The molecule has 24 heavy (non-hydrogen) atoms. The summed E-state index contributed by atoms with van der Waals surface area (Å²) in [5, 5.41) is 12.3. The lowest BCUT2D eigenvalue weighted by Crippen LogP contribution is -2.24. The van der Waals surface area contributed by atoms with Crippen molar-refractivity contribution >= 4 is 40.2 Å². The highest BCUT2D eigenvalue weighted by Crippen LogP contribution is 2.20. The number of halogens is 1. The van der Waals surface area contributed by atoms with Crippen molar-refractivity contribution in [3.05, 3.63) is 62.7 Å². The molecule has 126 valence electrons. The Bertz CT molecular complexity index is 738. The molecule has 2 aromatic carbocycles. The molecule has 0 bridgehead atoms. The van der Waals surface area contributed by atoms with Crippen LogP contribution in [0.25, 0.3) is 0 Å². The fourth-order valence-corrected chi connectivity index (χ4v) is 3.23. The predicted octanol–water partition coefficient (Wildman–Crippen LogP) is 4.18. The van der Waals surface area contributed by atoms with Gasteiger partial charge in [0.25, 0.3) is 0 Å². The van der Waals surface area contributed by atoms with Gasteiger partial charge in [-0.2, -0.15) is 0 Å². The summed E-state index contributed by atoms with van der Waals surface area (Å²) in [7, 11) is 0. The highest BCUT2D eigenvalue weighted by molar-refractivity contribution is 14.1. The Morgan fingerprint density at radius 1 is 1.12 bits per heavy atom. The van der Waals surface area contributed by atoms with Crippen molar-refractivity contribution in [1.82, 2.24) is 0 Å². The van der Waals surface area contributed by atoms with Crippen molar-refractivity contribution in [2.45, 2.75) is 26.7 Å². The minimum Gasteiger partial charge on any atom is -0.481 e. The SMILES string of the molecule is Cc1cc(C)cc(C[C@@H](CC(=O)Nc2ccccc2I)C(=O)O)c1. The average molecular weight is 437 g/mol. The molecule has 0 aliphatic heterocycles. The van der Waals surface area contributed by atoms with E-state index in [9.17, 15) is 14.7 Å². The molecule has 0 heterocycles. The summed E-state index contributed by atoms with van der Waals surface area (Å²) in [4.78, 5) is 23.8. The highest BCUT2D eigenvalue weighted by Gasteiger charge is 2.22. The third-order valence-electron chi connectivity index (χ3n) is 3.69. The first-order valence-corrected chi connectivity index (χ1v) is 8.77. The van der Waals surface area contributed by atoms with Gasteiger partial charge in [0.2, 0.25) is 5.91 Å². The second-order valence-corrected chi connectivity index (χ2v) is 7.13. The molecule has 0 aliphatic carbocycles. The van der Waals surface area contributed by atoms with Gasteiger partial charge in [0.1, 0.15) is 0 Å². The summed E-state index contributed by atoms with van der Waals surface area (Å²) in [6, 6.07) is 13.4. The summed E-state index contributed by atoms with van der Waals surface area (Å²) in [6.45, 7) is 3.96. The lowest BCUT2D eigenvalue weighted by Gasteiger charge is -2.14. The molecule has 0 unspecified atom stereocenters. The standard InChI is InChI=1S/C19H20INO3/c1-12-7-13(2)9-14(8-12)10-15(19(23)24)11-18(22)21-17-6-4-3-5-16(17)20/h3-9,15H,10-11H2,1-2H3,(H,21,22)(H,23,24)/t15-/m0/s1. The minimum atomic E-state index is -0.952. The van der Waals surface area contributed by atoms with E-state index in [1.54, 1.807) is 6.07 Å². The largest absolute Gasteiger partial charge is 0.481 e. The van der Waals surface area contributed by atoms with Crippen LogP contribution in [0.1, 0.15) is 23.1 Å². The molecule has 1 amide bonds. The van der Waals surface area contributed by atoms with Gasteiger partial charge in [-0.25, -0.2) is 0 Å². The molecule has 4 nitrogen and oxygen atoms in total. The van der Waals surface area contributed by atoms with Gasteiger partial charge in [-0.15, -0.1) is 0 Å². The molecule has 0 aliphatic rings. The molecule has 2 rings (SSSR count). The molecule has 2 aromatic rings. The van der Waals surface area contributed by atoms with Crippen LogP contribution in [0.2, 0.25) is 0 Å². The van der Waals surface area contributed by atoms with Gasteiger partial charge in [-0.1, -0.05) is 41.5 Å². The normalized spacial score (nSPS) is 11.8. The Hall–Kier alpha value is -1.89. The van der Waals surface area contributed by atoms with Gasteiger partial charge in [0, 0.05) is 9.99 Å². The molecule has 0 saturated heterocycles. The van der Waals surface area contributed by atoms with Crippen LogP contribution in [0.4, 0.5) is 5.69 Å². The molecule has 0 radical (unpaired) electrons. The van der Waals surface area contributed by atoms with Crippen LogP contribution in [-0.2, 0) is 16.0 Å². The second-order valence-electron chi connectivity index (χ2n) is 5.97. The van der Waals surface area contributed by atoms with E-state index in [2.05, 4.69) is 27.9 Å². The summed E-state index contributed by atoms with van der Waals surface area (Å²) < 4.78 is 0.921. The minimum absolute atomic E-state index is 0.0483. The molecular weight excluding hydrogens is 417 g/mol. The number of amides is 1. The van der Waals surface area contributed by atoms with Crippen molar-refractivity contribution in [3.8, 4) is 0 Å².